The summed E-state index contributed by atoms with van der Waals surface area (Å²) in [6.07, 6.45) is 5.57. The molecular formula is C12H15N3S. The van der Waals surface area contributed by atoms with Crippen LogP contribution >= 0.6 is 11.3 Å². The van der Waals surface area contributed by atoms with Gasteiger partial charge in [0.05, 0.1) is 5.51 Å². The molecule has 0 saturated heterocycles. The third-order valence-corrected chi connectivity index (χ3v) is 3.54. The smallest absolute Gasteiger partial charge is 0.0794 e. The average molecular weight is 233 g/mol. The summed E-state index contributed by atoms with van der Waals surface area (Å²) in [5.74, 6) is 0. The van der Waals surface area contributed by atoms with Gasteiger partial charge in [0.25, 0.3) is 0 Å². The molecule has 1 unspecified atom stereocenters. The van der Waals surface area contributed by atoms with Crippen LogP contribution in [0.3, 0.4) is 0 Å². The monoisotopic (exact) mass is 233 g/mol. The number of aromatic nitrogens is 2. The SMILES string of the molecule is CC(N[C@H](C)c1ccncc1)c1cncs1. The first-order valence-corrected chi connectivity index (χ1v) is 6.19. The molecule has 2 aromatic heterocycles. The number of nitrogens with one attached hydrogen (secondary N) is 1. The van der Waals surface area contributed by atoms with E-state index in [9.17, 15) is 0 Å². The van der Waals surface area contributed by atoms with Crippen molar-refractivity contribution in [1.29, 1.82) is 0 Å². The summed E-state index contributed by atoms with van der Waals surface area (Å²) in [5, 5.41) is 3.54. The van der Waals surface area contributed by atoms with E-state index in [1.165, 1.54) is 10.4 Å². The molecule has 2 atom stereocenters. The Balaban J connectivity index is 2.00. The van der Waals surface area contributed by atoms with Crippen LogP contribution in [0.15, 0.2) is 36.2 Å². The Bertz CT molecular complexity index is 413. The van der Waals surface area contributed by atoms with Gasteiger partial charge in [-0.25, -0.2) is 0 Å². The molecule has 2 rings (SSSR count). The van der Waals surface area contributed by atoms with Crippen LogP contribution in [0.5, 0.6) is 0 Å². The highest BCUT2D eigenvalue weighted by molar-refractivity contribution is 7.09. The van der Waals surface area contributed by atoms with Gasteiger partial charge in [0.15, 0.2) is 0 Å². The van der Waals surface area contributed by atoms with Crippen molar-refractivity contribution >= 4 is 11.3 Å². The van der Waals surface area contributed by atoms with Gasteiger partial charge in [-0.1, -0.05) is 0 Å². The second-order valence-corrected chi connectivity index (χ2v) is 4.71. The van der Waals surface area contributed by atoms with Crippen molar-refractivity contribution in [3.05, 3.63) is 46.7 Å². The van der Waals surface area contributed by atoms with Gasteiger partial charge >= 0.3 is 0 Å². The minimum absolute atomic E-state index is 0.320. The van der Waals surface area contributed by atoms with Crippen molar-refractivity contribution in [2.24, 2.45) is 0 Å². The Morgan fingerprint density at radius 1 is 1.12 bits per heavy atom. The van der Waals surface area contributed by atoms with Crippen molar-refractivity contribution in [2.45, 2.75) is 25.9 Å². The van der Waals surface area contributed by atoms with Gasteiger partial charge in [-0.3, -0.25) is 9.97 Å². The van der Waals surface area contributed by atoms with E-state index in [-0.39, 0.29) is 0 Å². The molecular weight excluding hydrogens is 218 g/mol. The highest BCUT2D eigenvalue weighted by atomic mass is 32.1. The number of nitrogens with zero attached hydrogens (tertiary/aromatic N) is 2. The number of rotatable bonds is 4. The van der Waals surface area contributed by atoms with Gasteiger partial charge in [-0.2, -0.15) is 0 Å². The summed E-state index contributed by atoms with van der Waals surface area (Å²) in [6, 6.07) is 4.73. The molecule has 4 heteroatoms. The van der Waals surface area contributed by atoms with E-state index >= 15 is 0 Å². The lowest BCUT2D eigenvalue weighted by Crippen LogP contribution is -2.21. The zero-order valence-electron chi connectivity index (χ0n) is 9.42. The van der Waals surface area contributed by atoms with Gasteiger partial charge in [0.2, 0.25) is 0 Å². The van der Waals surface area contributed by atoms with Gasteiger partial charge in [0.1, 0.15) is 0 Å². The lowest BCUT2D eigenvalue weighted by Gasteiger charge is -2.18. The Morgan fingerprint density at radius 3 is 2.50 bits per heavy atom. The molecule has 2 aromatic rings. The van der Waals surface area contributed by atoms with Crippen LogP contribution in [0.25, 0.3) is 0 Å². The molecule has 0 spiro atoms. The van der Waals surface area contributed by atoms with E-state index in [1.807, 2.05) is 36.2 Å². The molecule has 16 heavy (non-hydrogen) atoms. The lowest BCUT2D eigenvalue weighted by atomic mass is 10.1. The maximum absolute atomic E-state index is 4.09. The van der Waals surface area contributed by atoms with Crippen LogP contribution < -0.4 is 5.32 Å². The first kappa shape index (κ1) is 11.2. The van der Waals surface area contributed by atoms with Crippen LogP contribution in [-0.2, 0) is 0 Å². The van der Waals surface area contributed by atoms with Gasteiger partial charge in [-0.05, 0) is 31.5 Å². The fourth-order valence-corrected chi connectivity index (χ4v) is 2.28. The molecule has 0 aliphatic carbocycles. The van der Waals surface area contributed by atoms with Gasteiger partial charge < -0.3 is 5.32 Å². The highest BCUT2D eigenvalue weighted by Crippen LogP contribution is 2.21. The molecule has 1 N–H and O–H groups in total. The van der Waals surface area contributed by atoms with Gasteiger partial charge in [0, 0.05) is 35.6 Å². The molecule has 2 heterocycles. The molecule has 0 aromatic carbocycles. The van der Waals surface area contributed by atoms with Crippen molar-refractivity contribution < 1.29 is 0 Å². The van der Waals surface area contributed by atoms with Gasteiger partial charge in [-0.15, -0.1) is 11.3 Å². The lowest BCUT2D eigenvalue weighted by molar-refractivity contribution is 0.499. The Labute approximate surface area is 99.6 Å². The molecule has 0 aliphatic rings. The Morgan fingerprint density at radius 2 is 1.88 bits per heavy atom. The molecule has 0 radical (unpaired) electrons. The maximum Gasteiger partial charge on any atom is 0.0794 e. The van der Waals surface area contributed by atoms with E-state index in [4.69, 9.17) is 0 Å². The zero-order valence-corrected chi connectivity index (χ0v) is 10.2. The van der Waals surface area contributed by atoms with E-state index in [0.29, 0.717) is 12.1 Å². The number of hydrogen-bond donors (Lipinski definition) is 1. The second kappa shape index (κ2) is 5.18. The molecule has 0 aliphatic heterocycles. The fraction of sp³-hybridized carbons (Fsp3) is 0.333. The summed E-state index contributed by atoms with van der Waals surface area (Å²) < 4.78 is 0. The molecule has 0 saturated carbocycles. The molecule has 84 valence electrons. The molecule has 0 fully saturated rings. The first-order valence-electron chi connectivity index (χ1n) is 5.31. The van der Waals surface area contributed by atoms with Crippen molar-refractivity contribution in [2.75, 3.05) is 0 Å². The second-order valence-electron chi connectivity index (χ2n) is 3.79. The fourth-order valence-electron chi connectivity index (χ4n) is 1.64. The number of thiazole rings is 1. The number of pyridine rings is 1. The average Bonchev–Trinajstić information content (AvgIpc) is 2.83. The third kappa shape index (κ3) is 2.65. The summed E-state index contributed by atoms with van der Waals surface area (Å²) in [6.45, 7) is 4.32. The predicted molar refractivity (Wildman–Crippen MR) is 66.3 cm³/mol. The third-order valence-electron chi connectivity index (χ3n) is 2.58. The molecule has 0 amide bonds. The Hall–Kier alpha value is -1.26. The number of hydrogen-bond acceptors (Lipinski definition) is 4. The van der Waals surface area contributed by atoms with E-state index in [1.54, 1.807) is 11.3 Å². The summed E-state index contributed by atoms with van der Waals surface area (Å²) >= 11 is 1.68. The van der Waals surface area contributed by atoms with Crippen LogP contribution in [0, 0.1) is 0 Å². The van der Waals surface area contributed by atoms with E-state index in [2.05, 4.69) is 29.1 Å². The van der Waals surface area contributed by atoms with Crippen LogP contribution in [0.1, 0.15) is 36.4 Å². The predicted octanol–water partition coefficient (Wildman–Crippen LogP) is 2.95. The molecule has 0 bridgehead atoms. The van der Waals surface area contributed by atoms with Crippen molar-refractivity contribution in [3.63, 3.8) is 0 Å². The van der Waals surface area contributed by atoms with Crippen LogP contribution in [0.2, 0.25) is 0 Å². The largest absolute Gasteiger partial charge is 0.303 e. The highest BCUT2D eigenvalue weighted by Gasteiger charge is 2.11. The molecule has 3 nitrogen and oxygen atoms in total. The zero-order chi connectivity index (χ0) is 11.4. The minimum Gasteiger partial charge on any atom is -0.303 e. The summed E-state index contributed by atoms with van der Waals surface area (Å²) in [4.78, 5) is 9.38. The summed E-state index contributed by atoms with van der Waals surface area (Å²) in [7, 11) is 0. The van der Waals surface area contributed by atoms with Crippen molar-refractivity contribution in [3.8, 4) is 0 Å². The standard InChI is InChI=1S/C12H15N3S/c1-9(11-3-5-13-6-4-11)15-10(2)12-7-14-8-16-12/h3-10,15H,1-2H3/t9-,10?/m1/s1. The minimum atomic E-state index is 0.320. The van der Waals surface area contributed by atoms with E-state index in [0.717, 1.165) is 0 Å². The topological polar surface area (TPSA) is 37.8 Å². The summed E-state index contributed by atoms with van der Waals surface area (Å²) in [5.41, 5.74) is 3.12. The van der Waals surface area contributed by atoms with Crippen molar-refractivity contribution in [1.82, 2.24) is 15.3 Å². The van der Waals surface area contributed by atoms with Crippen LogP contribution in [0.4, 0.5) is 0 Å². The normalized spacial score (nSPS) is 14.6. The van der Waals surface area contributed by atoms with E-state index < -0.39 is 0 Å². The Kier molecular flexibility index (Phi) is 3.64. The maximum atomic E-state index is 4.09. The first-order chi connectivity index (χ1) is 7.77. The quantitative estimate of drug-likeness (QED) is 0.882. The van der Waals surface area contributed by atoms with Crippen LogP contribution in [-0.4, -0.2) is 9.97 Å².